The summed E-state index contributed by atoms with van der Waals surface area (Å²) in [6.07, 6.45) is 0.334. The molecule has 0 aliphatic heterocycles. The average Bonchev–Trinajstić information content (AvgIpc) is 2.14. The third kappa shape index (κ3) is 5.94. The van der Waals surface area contributed by atoms with Gasteiger partial charge in [-0.2, -0.15) is 0 Å². The molecule has 0 heterocycles. The van der Waals surface area contributed by atoms with Gasteiger partial charge in [0.1, 0.15) is 5.60 Å². The second-order valence-electron chi connectivity index (χ2n) is 6.06. The normalized spacial score (nSPS) is 13.9. The molecule has 1 radical (unpaired) electrons. The molecule has 0 aliphatic carbocycles. The highest BCUT2D eigenvalue weighted by Crippen LogP contribution is 2.29. The lowest BCUT2D eigenvalue weighted by Gasteiger charge is -2.24. The maximum atomic E-state index is 11.8. The maximum Gasteiger partial charge on any atom is 0.330 e. The van der Waals surface area contributed by atoms with Gasteiger partial charge in [-0.3, -0.25) is 4.79 Å². The molecule has 0 aromatic carbocycles. The summed E-state index contributed by atoms with van der Waals surface area (Å²) in [5.41, 5.74) is -0.702. The van der Waals surface area contributed by atoms with Crippen LogP contribution in [-0.4, -0.2) is 18.2 Å². The first-order valence-electron chi connectivity index (χ1n) is 6.22. The summed E-state index contributed by atoms with van der Waals surface area (Å²) in [6, 6.07) is 0. The Kier molecular flexibility index (Phi) is 5.71. The van der Waals surface area contributed by atoms with Crippen LogP contribution in [0.1, 0.15) is 54.9 Å². The van der Waals surface area contributed by atoms with Gasteiger partial charge in [-0.25, -0.2) is 5.11 Å². The maximum absolute atomic E-state index is 11.8. The zero-order valence-electron chi connectivity index (χ0n) is 12.5. The van der Waals surface area contributed by atoms with E-state index in [1.165, 1.54) is 0 Å². The van der Waals surface area contributed by atoms with Gasteiger partial charge < -0.3 is 9.47 Å². The standard InChI is InChI=1S/C14H25O4/c1-8-17-12(16)14(6,7)9-10(2)11(15)18-13(3,4)5/h8-9H2,1-7H3. The third-order valence-electron chi connectivity index (χ3n) is 2.28. The SMILES string of the molecule is CCOC(=O)C(C)(C)CC(C)=C([O])OC(C)(C)C. The number of esters is 1. The topological polar surface area (TPSA) is 55.4 Å². The van der Waals surface area contributed by atoms with Crippen LogP contribution in [0.5, 0.6) is 0 Å². The molecule has 0 bridgehead atoms. The van der Waals surface area contributed by atoms with Crippen molar-refractivity contribution in [1.82, 2.24) is 0 Å². The molecule has 0 saturated carbocycles. The first kappa shape index (κ1) is 16.8. The second kappa shape index (κ2) is 6.12. The first-order chi connectivity index (χ1) is 7.99. The molecule has 0 spiro atoms. The van der Waals surface area contributed by atoms with Crippen molar-refractivity contribution in [2.75, 3.05) is 6.61 Å². The summed E-state index contributed by atoms with van der Waals surface area (Å²) in [5.74, 6) is -0.659. The summed E-state index contributed by atoms with van der Waals surface area (Å²) in [6.45, 7) is 12.8. The molecule has 0 atom stereocenters. The van der Waals surface area contributed by atoms with Gasteiger partial charge >= 0.3 is 11.9 Å². The Morgan fingerprint density at radius 1 is 1.11 bits per heavy atom. The highest BCUT2D eigenvalue weighted by Gasteiger charge is 2.31. The van der Waals surface area contributed by atoms with Crippen LogP contribution in [0.25, 0.3) is 0 Å². The minimum absolute atomic E-state index is 0.298. The fraction of sp³-hybridized carbons (Fsp3) is 0.786. The lowest BCUT2D eigenvalue weighted by atomic mass is 9.86. The largest absolute Gasteiger partial charge is 0.466 e. The Morgan fingerprint density at radius 3 is 2.00 bits per heavy atom. The lowest BCUT2D eigenvalue weighted by Crippen LogP contribution is -2.27. The van der Waals surface area contributed by atoms with Crippen molar-refractivity contribution >= 4 is 5.97 Å². The third-order valence-corrected chi connectivity index (χ3v) is 2.28. The van der Waals surface area contributed by atoms with E-state index in [9.17, 15) is 9.90 Å². The molecule has 0 saturated heterocycles. The van der Waals surface area contributed by atoms with E-state index >= 15 is 0 Å². The van der Waals surface area contributed by atoms with Gasteiger partial charge in [-0.05, 0) is 54.9 Å². The number of ether oxygens (including phenoxy) is 2. The zero-order valence-corrected chi connectivity index (χ0v) is 12.5. The van der Waals surface area contributed by atoms with Gasteiger partial charge in [0, 0.05) is 5.57 Å². The summed E-state index contributed by atoms with van der Waals surface area (Å²) in [7, 11) is 0. The summed E-state index contributed by atoms with van der Waals surface area (Å²) >= 11 is 0. The van der Waals surface area contributed by atoms with Crippen LogP contribution in [-0.2, 0) is 19.4 Å². The molecule has 0 fully saturated rings. The lowest BCUT2D eigenvalue weighted by molar-refractivity contribution is -0.153. The Labute approximate surface area is 110 Å². The van der Waals surface area contributed by atoms with E-state index in [0.29, 0.717) is 18.6 Å². The molecule has 0 N–H and O–H groups in total. The quantitative estimate of drug-likeness (QED) is 0.560. The minimum Gasteiger partial charge on any atom is -0.466 e. The highest BCUT2D eigenvalue weighted by molar-refractivity contribution is 5.76. The monoisotopic (exact) mass is 257 g/mol. The highest BCUT2D eigenvalue weighted by atomic mass is 16.6. The van der Waals surface area contributed by atoms with E-state index < -0.39 is 11.0 Å². The van der Waals surface area contributed by atoms with E-state index in [1.807, 2.05) is 20.8 Å². The van der Waals surface area contributed by atoms with E-state index in [0.717, 1.165) is 0 Å². The van der Waals surface area contributed by atoms with Gasteiger partial charge in [-0.15, -0.1) is 0 Å². The van der Waals surface area contributed by atoms with Crippen molar-refractivity contribution in [3.8, 4) is 0 Å². The molecule has 4 nitrogen and oxygen atoms in total. The Hall–Kier alpha value is -1.19. The van der Waals surface area contributed by atoms with Gasteiger partial charge in [0.2, 0.25) is 0 Å². The minimum atomic E-state index is -0.711. The van der Waals surface area contributed by atoms with Crippen molar-refractivity contribution in [2.24, 2.45) is 5.41 Å². The number of carbonyl (C=O) groups excluding carboxylic acids is 1. The number of hydrogen-bond acceptors (Lipinski definition) is 3. The molecule has 4 heteroatoms. The van der Waals surface area contributed by atoms with E-state index in [-0.39, 0.29) is 11.9 Å². The number of carbonyl (C=O) groups is 1. The number of allylic oxidation sites excluding steroid dienone is 1. The molecule has 0 unspecified atom stereocenters. The Balaban J connectivity index is 4.77. The summed E-state index contributed by atoms with van der Waals surface area (Å²) in [4.78, 5) is 11.7. The number of rotatable bonds is 5. The fourth-order valence-corrected chi connectivity index (χ4v) is 1.50. The molecule has 105 valence electrons. The van der Waals surface area contributed by atoms with Crippen molar-refractivity contribution in [2.45, 2.75) is 60.5 Å². The molecule has 0 aromatic rings. The van der Waals surface area contributed by atoms with Crippen molar-refractivity contribution < 1.29 is 19.4 Å². The predicted molar refractivity (Wildman–Crippen MR) is 69.3 cm³/mol. The second-order valence-corrected chi connectivity index (χ2v) is 6.06. The molecule has 18 heavy (non-hydrogen) atoms. The van der Waals surface area contributed by atoms with Crippen molar-refractivity contribution in [3.05, 3.63) is 11.5 Å². The van der Waals surface area contributed by atoms with E-state index in [2.05, 4.69) is 0 Å². The first-order valence-corrected chi connectivity index (χ1v) is 6.22. The molecule has 0 amide bonds. The van der Waals surface area contributed by atoms with Gasteiger partial charge in [-0.1, -0.05) is 0 Å². The average molecular weight is 257 g/mol. The van der Waals surface area contributed by atoms with Crippen molar-refractivity contribution in [1.29, 1.82) is 0 Å². The van der Waals surface area contributed by atoms with Gasteiger partial charge in [0.05, 0.1) is 12.0 Å². The van der Waals surface area contributed by atoms with Crippen LogP contribution in [0.15, 0.2) is 11.5 Å². The predicted octanol–water partition coefficient (Wildman–Crippen LogP) is 3.44. The zero-order chi connectivity index (χ0) is 14.6. The van der Waals surface area contributed by atoms with Crippen LogP contribution in [0, 0.1) is 5.41 Å². The van der Waals surface area contributed by atoms with Crippen LogP contribution >= 0.6 is 0 Å². The Bertz CT molecular complexity index is 321. The Morgan fingerprint density at radius 2 is 1.61 bits per heavy atom. The van der Waals surface area contributed by atoms with Crippen LogP contribution in [0.2, 0.25) is 0 Å². The molecule has 0 aromatic heterocycles. The number of hydrogen-bond donors (Lipinski definition) is 0. The fourth-order valence-electron chi connectivity index (χ4n) is 1.50. The van der Waals surface area contributed by atoms with E-state index in [1.54, 1.807) is 27.7 Å². The molecular formula is C14H25O4. The van der Waals surface area contributed by atoms with Crippen LogP contribution in [0.4, 0.5) is 0 Å². The molecule has 0 rings (SSSR count). The molecular weight excluding hydrogens is 232 g/mol. The van der Waals surface area contributed by atoms with E-state index in [4.69, 9.17) is 9.47 Å². The van der Waals surface area contributed by atoms with Crippen molar-refractivity contribution in [3.63, 3.8) is 0 Å². The molecule has 0 aliphatic rings. The van der Waals surface area contributed by atoms with Gasteiger partial charge in [0.25, 0.3) is 0 Å². The van der Waals surface area contributed by atoms with Gasteiger partial charge in [0.15, 0.2) is 0 Å². The summed E-state index contributed by atoms with van der Waals surface area (Å²) < 4.78 is 10.2. The van der Waals surface area contributed by atoms with Crippen LogP contribution < -0.4 is 0 Å². The smallest absolute Gasteiger partial charge is 0.330 e. The summed E-state index contributed by atoms with van der Waals surface area (Å²) in [5, 5.41) is 11.8. The van der Waals surface area contributed by atoms with Crippen LogP contribution in [0.3, 0.4) is 0 Å².